The van der Waals surface area contributed by atoms with Gasteiger partial charge < -0.3 is 19.1 Å². The summed E-state index contributed by atoms with van der Waals surface area (Å²) in [6.07, 6.45) is 11.3. The molecular weight excluding hydrogens is 551 g/mol. The first-order valence-electron chi connectivity index (χ1n) is 13.7. The molecule has 7 nitrogen and oxygen atoms in total. The number of fused-ring (bicyclic) bond motifs is 3. The van der Waals surface area contributed by atoms with Gasteiger partial charge in [0, 0.05) is 40.4 Å². The van der Waals surface area contributed by atoms with Gasteiger partial charge in [0.15, 0.2) is 0 Å². The van der Waals surface area contributed by atoms with E-state index in [-0.39, 0.29) is 24.2 Å². The van der Waals surface area contributed by atoms with Crippen LogP contribution in [0, 0.1) is 17.3 Å². The molecule has 9 heteroatoms. The van der Waals surface area contributed by atoms with Crippen molar-refractivity contribution >= 4 is 29.2 Å². The van der Waals surface area contributed by atoms with Crippen LogP contribution in [0.25, 0.3) is 11.3 Å². The smallest absolute Gasteiger partial charge is 0.329 e. The van der Waals surface area contributed by atoms with E-state index in [1.54, 1.807) is 12.4 Å². The number of carboxylic acid groups (broad SMARTS) is 1. The molecule has 0 unspecified atom stereocenters. The molecule has 0 atom stereocenters. The Morgan fingerprint density at radius 1 is 1.02 bits per heavy atom. The summed E-state index contributed by atoms with van der Waals surface area (Å²) in [6.45, 7) is 0.387. The molecule has 7 rings (SSSR count). The second-order valence-corrected chi connectivity index (χ2v) is 12.0. The largest absolute Gasteiger partial charge is 0.480 e. The van der Waals surface area contributed by atoms with Gasteiger partial charge in [0.25, 0.3) is 0 Å². The van der Waals surface area contributed by atoms with Crippen LogP contribution in [0.2, 0.25) is 10.0 Å². The van der Waals surface area contributed by atoms with Crippen molar-refractivity contribution in [3.63, 3.8) is 0 Å². The maximum absolute atomic E-state index is 10.6. The number of aromatic nitrogens is 2. The van der Waals surface area contributed by atoms with Gasteiger partial charge in [0.05, 0.1) is 28.9 Å². The second kappa shape index (κ2) is 11.2. The Balaban J connectivity index is 1.11. The van der Waals surface area contributed by atoms with Crippen molar-refractivity contribution < 1.29 is 23.9 Å². The first kappa shape index (κ1) is 27.3. The van der Waals surface area contributed by atoms with Crippen LogP contribution < -0.4 is 0 Å². The third kappa shape index (κ3) is 5.77. The molecule has 4 aliphatic carbocycles. The lowest BCUT2D eigenvalue weighted by atomic mass is 9.59. The summed E-state index contributed by atoms with van der Waals surface area (Å²) >= 11 is 12.9. The maximum Gasteiger partial charge on any atom is 0.329 e. The molecule has 2 bridgehead atoms. The first-order chi connectivity index (χ1) is 19.4. The van der Waals surface area contributed by atoms with Gasteiger partial charge in [0.2, 0.25) is 0 Å². The van der Waals surface area contributed by atoms with Crippen molar-refractivity contribution in [1.29, 1.82) is 0 Å². The molecule has 40 heavy (non-hydrogen) atoms. The minimum Gasteiger partial charge on any atom is -0.480 e. The fraction of sp³-hybridized carbons (Fsp3) is 0.452. The van der Waals surface area contributed by atoms with Crippen molar-refractivity contribution in [1.82, 2.24) is 10.1 Å². The highest BCUT2D eigenvalue weighted by molar-refractivity contribution is 6.38. The summed E-state index contributed by atoms with van der Waals surface area (Å²) in [5.74, 6) is 7.29. The molecule has 4 fully saturated rings. The topological polar surface area (TPSA) is 94.7 Å². The van der Waals surface area contributed by atoms with Gasteiger partial charge in [-0.15, -0.1) is 0 Å². The number of rotatable bonds is 9. The average molecular weight is 581 g/mol. The number of hydrogen-bond donors (Lipinski definition) is 1. The Kier molecular flexibility index (Phi) is 7.62. The Hall–Kier alpha value is -2.89. The van der Waals surface area contributed by atoms with E-state index in [1.165, 1.54) is 0 Å². The Morgan fingerprint density at radius 2 is 1.70 bits per heavy atom. The van der Waals surface area contributed by atoms with Crippen LogP contribution in [0.5, 0.6) is 0 Å². The van der Waals surface area contributed by atoms with Crippen LogP contribution in [-0.2, 0) is 27.5 Å². The molecule has 0 saturated heterocycles. The number of hydrogen-bond acceptors (Lipinski definition) is 6. The average Bonchev–Trinajstić information content (AvgIpc) is 3.72. The van der Waals surface area contributed by atoms with Crippen LogP contribution in [0.15, 0.2) is 41.2 Å². The summed E-state index contributed by atoms with van der Waals surface area (Å²) in [5.41, 5.74) is 3.99. The molecule has 2 aromatic heterocycles. The van der Waals surface area contributed by atoms with Gasteiger partial charge in [-0.2, -0.15) is 0 Å². The summed E-state index contributed by atoms with van der Waals surface area (Å²) in [5, 5.41) is 14.0. The van der Waals surface area contributed by atoms with Crippen LogP contribution in [-0.4, -0.2) is 33.4 Å². The Bertz CT molecular complexity index is 1420. The molecule has 1 aromatic carbocycles. The third-order valence-electron chi connectivity index (χ3n) is 8.48. The van der Waals surface area contributed by atoms with E-state index in [9.17, 15) is 4.79 Å². The minimum absolute atomic E-state index is 0.0218. The Morgan fingerprint density at radius 3 is 2.33 bits per heavy atom. The molecule has 4 saturated carbocycles. The molecule has 0 radical (unpaired) electrons. The molecular formula is C31H30Cl2N2O5. The molecule has 0 spiro atoms. The summed E-state index contributed by atoms with van der Waals surface area (Å²) in [4.78, 5) is 14.7. The quantitative estimate of drug-likeness (QED) is 0.268. The number of nitrogens with zero attached hydrogens (tertiary/aromatic N) is 2. The number of halogens is 2. The van der Waals surface area contributed by atoms with Crippen molar-refractivity contribution in [2.75, 3.05) is 6.61 Å². The van der Waals surface area contributed by atoms with Gasteiger partial charge >= 0.3 is 5.97 Å². The number of ether oxygens (including phenoxy) is 2. The van der Waals surface area contributed by atoms with Crippen molar-refractivity contribution in [2.24, 2.45) is 5.41 Å². The van der Waals surface area contributed by atoms with Crippen molar-refractivity contribution in [3.8, 4) is 23.1 Å². The van der Waals surface area contributed by atoms with E-state index >= 15 is 0 Å². The highest BCUT2D eigenvalue weighted by Crippen LogP contribution is 2.54. The van der Waals surface area contributed by atoms with Crippen LogP contribution in [0.3, 0.4) is 0 Å². The minimum atomic E-state index is -0.970. The lowest BCUT2D eigenvalue weighted by molar-refractivity contribution is -0.142. The molecule has 208 valence electrons. The van der Waals surface area contributed by atoms with E-state index in [2.05, 4.69) is 22.0 Å². The van der Waals surface area contributed by atoms with E-state index < -0.39 is 5.97 Å². The molecule has 1 N–H and O–H groups in total. The molecule has 3 aromatic rings. The lowest BCUT2D eigenvalue weighted by Gasteiger charge is -2.51. The fourth-order valence-corrected chi connectivity index (χ4v) is 6.43. The number of benzene rings is 1. The zero-order valence-electron chi connectivity index (χ0n) is 22.1. The van der Waals surface area contributed by atoms with Crippen LogP contribution >= 0.6 is 23.2 Å². The van der Waals surface area contributed by atoms with Gasteiger partial charge in [-0.05, 0) is 69.1 Å². The Labute approximate surface area is 243 Å². The standard InChI is InChI=1S/C31H30Cl2N2O5/c32-24-15-34-16-25(33)27(24)28-23(29(40-35-28)22-5-6-22)18-39-31-12-9-30(10-13-31,11-14-31)8-7-20-1-3-21(4-2-20)17-38-19-26(36)37/h1-4,15-16,22H,5-6,9-14,17-19H2,(H,36,37). The predicted octanol–water partition coefficient (Wildman–Crippen LogP) is 7.18. The zero-order chi connectivity index (χ0) is 27.7. The number of carbonyl (C=O) groups is 1. The van der Waals surface area contributed by atoms with Crippen LogP contribution in [0.1, 0.15) is 79.7 Å². The van der Waals surface area contributed by atoms with E-state index in [4.69, 9.17) is 42.3 Å². The van der Waals surface area contributed by atoms with Crippen molar-refractivity contribution in [3.05, 3.63) is 69.2 Å². The normalized spacial score (nSPS) is 23.6. The molecule has 0 amide bonds. The van der Waals surface area contributed by atoms with E-state index in [0.717, 1.165) is 73.8 Å². The van der Waals surface area contributed by atoms with Crippen molar-refractivity contribution in [2.45, 2.75) is 76.1 Å². The van der Waals surface area contributed by atoms with Gasteiger partial charge in [0.1, 0.15) is 18.1 Å². The third-order valence-corrected chi connectivity index (χ3v) is 9.05. The predicted molar refractivity (Wildman–Crippen MR) is 150 cm³/mol. The van der Waals surface area contributed by atoms with Gasteiger partial charge in [-0.3, -0.25) is 4.98 Å². The summed E-state index contributed by atoms with van der Waals surface area (Å²) < 4.78 is 17.7. The monoisotopic (exact) mass is 580 g/mol. The molecule has 2 heterocycles. The van der Waals surface area contributed by atoms with Gasteiger partial charge in [-0.25, -0.2) is 4.79 Å². The SMILES string of the molecule is O=C(O)COCc1ccc(C#CC23CCC(OCc4c(-c5c(Cl)cncc5Cl)noc4C4CC4)(CC2)CC3)cc1. The summed E-state index contributed by atoms with van der Waals surface area (Å²) in [7, 11) is 0. The fourth-order valence-electron chi connectivity index (χ4n) is 5.89. The first-order valence-corrected chi connectivity index (χ1v) is 14.4. The number of carboxylic acids is 1. The lowest BCUT2D eigenvalue weighted by Crippen LogP contribution is -2.47. The number of aliphatic carboxylic acids is 1. The molecule has 4 aliphatic rings. The highest BCUT2D eigenvalue weighted by Gasteiger charge is 2.49. The van der Waals surface area contributed by atoms with Crippen LogP contribution in [0.4, 0.5) is 0 Å². The second-order valence-electron chi connectivity index (χ2n) is 11.2. The zero-order valence-corrected chi connectivity index (χ0v) is 23.6. The van der Waals surface area contributed by atoms with E-state index in [1.807, 2.05) is 24.3 Å². The van der Waals surface area contributed by atoms with E-state index in [0.29, 0.717) is 33.8 Å². The molecule has 0 aliphatic heterocycles. The maximum atomic E-state index is 10.6. The van der Waals surface area contributed by atoms with Gasteiger partial charge in [-0.1, -0.05) is 52.3 Å². The number of pyridine rings is 1. The summed E-state index contributed by atoms with van der Waals surface area (Å²) in [6, 6.07) is 7.81. The highest BCUT2D eigenvalue weighted by atomic mass is 35.5.